The van der Waals surface area contributed by atoms with E-state index >= 15 is 0 Å². The zero-order chi connectivity index (χ0) is 14.0. The molecule has 19 heavy (non-hydrogen) atoms. The minimum Gasteiger partial charge on any atom is -0.497 e. The van der Waals surface area contributed by atoms with Crippen molar-refractivity contribution in [1.29, 1.82) is 0 Å². The van der Waals surface area contributed by atoms with Crippen molar-refractivity contribution >= 4 is 0 Å². The molecule has 1 aliphatic rings. The highest BCUT2D eigenvalue weighted by molar-refractivity contribution is 5.29. The van der Waals surface area contributed by atoms with E-state index < -0.39 is 6.10 Å². The van der Waals surface area contributed by atoms with Gasteiger partial charge in [-0.25, -0.2) is 0 Å². The number of ether oxygens (including phenoxy) is 1. The number of rotatable bonds is 4. The maximum atomic E-state index is 10.5. The Labute approximate surface area is 116 Å². The molecule has 1 fully saturated rings. The number of methoxy groups -OCH3 is 1. The molecule has 0 bridgehead atoms. The summed E-state index contributed by atoms with van der Waals surface area (Å²) >= 11 is 0. The van der Waals surface area contributed by atoms with E-state index in [2.05, 4.69) is 25.7 Å². The third-order valence-corrected chi connectivity index (χ3v) is 4.51. The minimum absolute atomic E-state index is 0.154. The molecule has 2 rings (SSSR count). The molecule has 0 radical (unpaired) electrons. The van der Waals surface area contributed by atoms with Crippen LogP contribution in [-0.2, 0) is 0 Å². The first-order valence-corrected chi connectivity index (χ1v) is 7.09. The standard InChI is InChI=1S/C16H25NO2/c1-11-9-17(10-12(11)2)13(3)16(18)14-5-7-15(19-4)8-6-14/h5-8,11-13,16,18H,9-10H2,1-4H3. The van der Waals surface area contributed by atoms with Crippen molar-refractivity contribution in [2.75, 3.05) is 20.2 Å². The fourth-order valence-electron chi connectivity index (χ4n) is 2.79. The number of likely N-dealkylation sites (tertiary alicyclic amines) is 1. The quantitative estimate of drug-likeness (QED) is 0.906. The lowest BCUT2D eigenvalue weighted by Gasteiger charge is -2.29. The van der Waals surface area contributed by atoms with Crippen molar-refractivity contribution in [2.45, 2.75) is 32.9 Å². The summed E-state index contributed by atoms with van der Waals surface area (Å²) in [4.78, 5) is 2.39. The molecule has 0 spiro atoms. The van der Waals surface area contributed by atoms with Crippen LogP contribution in [-0.4, -0.2) is 36.2 Å². The summed E-state index contributed by atoms with van der Waals surface area (Å²) in [5.74, 6) is 2.25. The van der Waals surface area contributed by atoms with Gasteiger partial charge in [0.1, 0.15) is 5.75 Å². The summed E-state index contributed by atoms with van der Waals surface area (Å²) in [5, 5.41) is 10.5. The molecular weight excluding hydrogens is 238 g/mol. The zero-order valence-electron chi connectivity index (χ0n) is 12.3. The van der Waals surface area contributed by atoms with Gasteiger partial charge in [0.15, 0.2) is 0 Å². The van der Waals surface area contributed by atoms with Gasteiger partial charge in [0, 0.05) is 19.1 Å². The molecule has 4 unspecified atom stereocenters. The van der Waals surface area contributed by atoms with Gasteiger partial charge in [-0.15, -0.1) is 0 Å². The van der Waals surface area contributed by atoms with E-state index in [0.717, 1.165) is 24.4 Å². The van der Waals surface area contributed by atoms with Gasteiger partial charge in [0.25, 0.3) is 0 Å². The van der Waals surface area contributed by atoms with Gasteiger partial charge in [-0.05, 0) is 36.5 Å². The van der Waals surface area contributed by atoms with Crippen molar-refractivity contribution in [3.05, 3.63) is 29.8 Å². The van der Waals surface area contributed by atoms with Crippen molar-refractivity contribution in [1.82, 2.24) is 4.90 Å². The van der Waals surface area contributed by atoms with Crippen LogP contribution >= 0.6 is 0 Å². The second-order valence-corrected chi connectivity index (χ2v) is 5.87. The number of hydrogen-bond acceptors (Lipinski definition) is 3. The number of hydrogen-bond donors (Lipinski definition) is 1. The third kappa shape index (κ3) is 3.10. The predicted octanol–water partition coefficient (Wildman–Crippen LogP) is 2.70. The van der Waals surface area contributed by atoms with Crippen LogP contribution in [0, 0.1) is 11.8 Å². The lowest BCUT2D eigenvalue weighted by Crippen LogP contribution is -2.36. The summed E-state index contributed by atoms with van der Waals surface area (Å²) in [6, 6.07) is 7.85. The van der Waals surface area contributed by atoms with Crippen LogP contribution in [0.3, 0.4) is 0 Å². The first-order valence-electron chi connectivity index (χ1n) is 7.09. The molecule has 0 aromatic heterocycles. The van der Waals surface area contributed by atoms with Gasteiger partial charge >= 0.3 is 0 Å². The molecule has 1 heterocycles. The lowest BCUT2D eigenvalue weighted by molar-refractivity contribution is 0.0686. The SMILES string of the molecule is COc1ccc(C(O)C(C)N2CC(C)C(C)C2)cc1. The zero-order valence-corrected chi connectivity index (χ0v) is 12.3. The molecule has 0 aliphatic carbocycles. The Balaban J connectivity index is 2.03. The third-order valence-electron chi connectivity index (χ3n) is 4.51. The van der Waals surface area contributed by atoms with Crippen molar-refractivity contribution < 1.29 is 9.84 Å². The number of nitrogens with zero attached hydrogens (tertiary/aromatic N) is 1. The molecule has 4 atom stereocenters. The van der Waals surface area contributed by atoms with Crippen LogP contribution in [0.2, 0.25) is 0 Å². The summed E-state index contributed by atoms with van der Waals surface area (Å²) in [5.41, 5.74) is 0.959. The van der Waals surface area contributed by atoms with Crippen molar-refractivity contribution in [2.24, 2.45) is 11.8 Å². The van der Waals surface area contributed by atoms with E-state index in [-0.39, 0.29) is 6.04 Å². The Morgan fingerprint density at radius 3 is 2.16 bits per heavy atom. The van der Waals surface area contributed by atoms with E-state index in [0.29, 0.717) is 11.8 Å². The van der Waals surface area contributed by atoms with Crippen molar-refractivity contribution in [3.8, 4) is 5.75 Å². The molecule has 3 nitrogen and oxygen atoms in total. The number of aliphatic hydroxyl groups is 1. The molecule has 106 valence electrons. The van der Waals surface area contributed by atoms with Crippen LogP contribution in [0.15, 0.2) is 24.3 Å². The average Bonchev–Trinajstić information content (AvgIpc) is 2.77. The Kier molecular flexibility index (Phi) is 4.48. The van der Waals surface area contributed by atoms with E-state index in [1.54, 1.807) is 7.11 Å². The Bertz CT molecular complexity index is 394. The van der Waals surface area contributed by atoms with E-state index in [1.807, 2.05) is 24.3 Å². The highest BCUT2D eigenvalue weighted by Crippen LogP contribution is 2.29. The maximum Gasteiger partial charge on any atom is 0.118 e. The van der Waals surface area contributed by atoms with E-state index in [9.17, 15) is 5.11 Å². The molecule has 1 aromatic rings. The summed E-state index contributed by atoms with van der Waals surface area (Å²) in [6.45, 7) is 8.85. The molecule has 1 aliphatic heterocycles. The van der Waals surface area contributed by atoms with E-state index in [4.69, 9.17) is 4.74 Å². The first-order chi connectivity index (χ1) is 9.02. The van der Waals surface area contributed by atoms with E-state index in [1.165, 1.54) is 0 Å². The predicted molar refractivity (Wildman–Crippen MR) is 77.3 cm³/mol. The average molecular weight is 263 g/mol. The minimum atomic E-state index is -0.441. The van der Waals surface area contributed by atoms with Gasteiger partial charge in [0.05, 0.1) is 13.2 Å². The summed E-state index contributed by atoms with van der Waals surface area (Å²) in [7, 11) is 1.65. The normalized spacial score (nSPS) is 27.2. The number of aliphatic hydroxyl groups excluding tert-OH is 1. The molecule has 1 saturated heterocycles. The molecule has 0 amide bonds. The largest absolute Gasteiger partial charge is 0.497 e. The van der Waals surface area contributed by atoms with Gasteiger partial charge in [-0.2, -0.15) is 0 Å². The highest BCUT2D eigenvalue weighted by Gasteiger charge is 2.32. The molecule has 0 saturated carbocycles. The Morgan fingerprint density at radius 2 is 1.68 bits per heavy atom. The monoisotopic (exact) mass is 263 g/mol. The molecule has 1 aromatic carbocycles. The van der Waals surface area contributed by atoms with Crippen LogP contribution in [0.4, 0.5) is 0 Å². The Morgan fingerprint density at radius 1 is 1.16 bits per heavy atom. The fraction of sp³-hybridized carbons (Fsp3) is 0.625. The second-order valence-electron chi connectivity index (χ2n) is 5.87. The van der Waals surface area contributed by atoms with Crippen LogP contribution in [0.1, 0.15) is 32.4 Å². The van der Waals surface area contributed by atoms with Gasteiger partial charge in [-0.3, -0.25) is 4.90 Å². The fourth-order valence-corrected chi connectivity index (χ4v) is 2.79. The van der Waals surface area contributed by atoms with Crippen LogP contribution in [0.5, 0.6) is 5.75 Å². The van der Waals surface area contributed by atoms with Crippen LogP contribution in [0.25, 0.3) is 0 Å². The van der Waals surface area contributed by atoms with Gasteiger partial charge in [-0.1, -0.05) is 26.0 Å². The highest BCUT2D eigenvalue weighted by atomic mass is 16.5. The van der Waals surface area contributed by atoms with Crippen molar-refractivity contribution in [3.63, 3.8) is 0 Å². The molecule has 3 heteroatoms. The molecule has 1 N–H and O–H groups in total. The summed E-state index contributed by atoms with van der Waals surface area (Å²) < 4.78 is 5.15. The molecular formula is C16H25NO2. The first kappa shape index (κ1) is 14.4. The smallest absolute Gasteiger partial charge is 0.118 e. The van der Waals surface area contributed by atoms with Gasteiger partial charge in [0.2, 0.25) is 0 Å². The van der Waals surface area contributed by atoms with Crippen LogP contribution < -0.4 is 4.74 Å². The Hall–Kier alpha value is -1.06. The van der Waals surface area contributed by atoms with Gasteiger partial charge < -0.3 is 9.84 Å². The second kappa shape index (κ2) is 5.93. The maximum absolute atomic E-state index is 10.5. The lowest BCUT2D eigenvalue weighted by atomic mass is 10.0. The number of benzene rings is 1. The topological polar surface area (TPSA) is 32.7 Å². The summed E-state index contributed by atoms with van der Waals surface area (Å²) in [6.07, 6.45) is -0.441.